The third-order valence-corrected chi connectivity index (χ3v) is 3.75. The monoisotopic (exact) mass is 240 g/mol. The van der Waals surface area contributed by atoms with E-state index < -0.39 is 5.97 Å². The number of carbonyl (C=O) groups excluding carboxylic acids is 1. The summed E-state index contributed by atoms with van der Waals surface area (Å²) in [6, 6.07) is 1.56. The molecule has 5 nitrogen and oxygen atoms in total. The van der Waals surface area contributed by atoms with Crippen molar-refractivity contribution >= 4 is 29.3 Å². The van der Waals surface area contributed by atoms with E-state index in [1.165, 1.54) is 6.92 Å². The lowest BCUT2D eigenvalue weighted by atomic mass is 10.3. The van der Waals surface area contributed by atoms with Gasteiger partial charge in [-0.2, -0.15) is 0 Å². The fourth-order valence-electron chi connectivity index (χ4n) is 1.82. The van der Waals surface area contributed by atoms with Crippen molar-refractivity contribution in [2.24, 2.45) is 7.05 Å². The Balaban J connectivity index is 2.54. The Morgan fingerprint density at radius 2 is 2.19 bits per heavy atom. The van der Waals surface area contributed by atoms with Crippen molar-refractivity contribution in [3.05, 3.63) is 11.8 Å². The zero-order valence-corrected chi connectivity index (χ0v) is 9.87. The maximum atomic E-state index is 11.4. The van der Waals surface area contributed by atoms with Crippen LogP contribution in [0.1, 0.15) is 17.4 Å². The summed E-state index contributed by atoms with van der Waals surface area (Å²) in [6.45, 7) is 2.13. The molecule has 16 heavy (non-hydrogen) atoms. The normalized spacial score (nSPS) is 14.8. The number of fused-ring (bicyclic) bond motifs is 1. The predicted octanol–water partition coefficient (Wildman–Crippen LogP) is 1.18. The minimum atomic E-state index is -0.971. The van der Waals surface area contributed by atoms with Crippen LogP contribution in [0.2, 0.25) is 0 Å². The molecule has 0 aliphatic carbocycles. The van der Waals surface area contributed by atoms with Crippen molar-refractivity contribution in [3.8, 4) is 0 Å². The molecule has 0 bridgehead atoms. The van der Waals surface area contributed by atoms with Crippen LogP contribution in [-0.2, 0) is 11.8 Å². The maximum Gasteiger partial charge on any atom is 0.352 e. The third kappa shape index (κ3) is 1.59. The van der Waals surface area contributed by atoms with Gasteiger partial charge < -0.3 is 14.6 Å². The molecule has 0 spiro atoms. The number of hydrogen-bond acceptors (Lipinski definition) is 3. The van der Waals surface area contributed by atoms with Crippen LogP contribution in [0, 0.1) is 0 Å². The first kappa shape index (κ1) is 11.1. The Labute approximate surface area is 97.0 Å². The number of amides is 1. The van der Waals surface area contributed by atoms with Gasteiger partial charge in [-0.1, -0.05) is 0 Å². The highest BCUT2D eigenvalue weighted by Gasteiger charge is 2.26. The van der Waals surface area contributed by atoms with E-state index in [0.29, 0.717) is 12.2 Å². The molecule has 1 aliphatic rings. The summed E-state index contributed by atoms with van der Waals surface area (Å²) in [5.74, 6) is -0.228. The van der Waals surface area contributed by atoms with Crippen LogP contribution in [0.4, 0.5) is 5.69 Å². The average Bonchev–Trinajstić information content (AvgIpc) is 2.56. The van der Waals surface area contributed by atoms with Gasteiger partial charge in [-0.05, 0) is 6.07 Å². The fraction of sp³-hybridized carbons (Fsp3) is 0.400. The Kier molecular flexibility index (Phi) is 2.67. The predicted molar refractivity (Wildman–Crippen MR) is 61.1 cm³/mol. The van der Waals surface area contributed by atoms with E-state index in [1.807, 2.05) is 0 Å². The van der Waals surface area contributed by atoms with E-state index in [4.69, 9.17) is 5.11 Å². The second-order valence-corrected chi connectivity index (χ2v) is 4.69. The number of hydrogen-bond donors (Lipinski definition) is 1. The van der Waals surface area contributed by atoms with Crippen LogP contribution in [0.25, 0.3) is 0 Å². The van der Waals surface area contributed by atoms with Crippen molar-refractivity contribution < 1.29 is 14.7 Å². The summed E-state index contributed by atoms with van der Waals surface area (Å²) >= 11 is 1.58. The summed E-state index contributed by atoms with van der Waals surface area (Å²) in [5.41, 5.74) is 0.925. The SMILES string of the molecule is CC(=O)N1CCSc2c1cc(C(=O)O)n2C. The minimum Gasteiger partial charge on any atom is -0.477 e. The number of carbonyl (C=O) groups is 2. The average molecular weight is 240 g/mol. The summed E-state index contributed by atoms with van der Waals surface area (Å²) in [5, 5.41) is 9.85. The largest absolute Gasteiger partial charge is 0.477 e. The topological polar surface area (TPSA) is 62.5 Å². The lowest BCUT2D eigenvalue weighted by Gasteiger charge is -2.25. The summed E-state index contributed by atoms with van der Waals surface area (Å²) in [6.07, 6.45) is 0. The molecule has 86 valence electrons. The smallest absolute Gasteiger partial charge is 0.352 e. The zero-order chi connectivity index (χ0) is 11.9. The van der Waals surface area contributed by atoms with Crippen molar-refractivity contribution in [1.29, 1.82) is 0 Å². The Morgan fingerprint density at radius 1 is 1.50 bits per heavy atom. The van der Waals surface area contributed by atoms with Gasteiger partial charge in [0.25, 0.3) is 0 Å². The highest BCUT2D eigenvalue weighted by Crippen LogP contribution is 2.37. The van der Waals surface area contributed by atoms with Crippen molar-refractivity contribution in [2.75, 3.05) is 17.2 Å². The van der Waals surface area contributed by atoms with E-state index >= 15 is 0 Å². The van der Waals surface area contributed by atoms with E-state index in [-0.39, 0.29) is 11.6 Å². The van der Waals surface area contributed by atoms with Crippen molar-refractivity contribution in [2.45, 2.75) is 11.9 Å². The van der Waals surface area contributed by atoms with Gasteiger partial charge in [0.1, 0.15) is 5.69 Å². The number of nitrogens with zero attached hydrogens (tertiary/aromatic N) is 2. The second kappa shape index (κ2) is 3.86. The van der Waals surface area contributed by atoms with E-state index in [1.54, 1.807) is 34.3 Å². The van der Waals surface area contributed by atoms with Crippen LogP contribution < -0.4 is 4.90 Å². The lowest BCUT2D eigenvalue weighted by molar-refractivity contribution is -0.116. The van der Waals surface area contributed by atoms with Gasteiger partial charge in [-0.15, -0.1) is 11.8 Å². The number of carboxylic acids is 1. The molecule has 0 saturated heterocycles. The highest BCUT2D eigenvalue weighted by molar-refractivity contribution is 7.99. The van der Waals surface area contributed by atoms with Gasteiger partial charge in [-0.3, -0.25) is 4.79 Å². The first-order chi connectivity index (χ1) is 7.52. The van der Waals surface area contributed by atoms with Gasteiger partial charge >= 0.3 is 5.97 Å². The summed E-state index contributed by atoms with van der Waals surface area (Å²) in [4.78, 5) is 24.0. The van der Waals surface area contributed by atoms with Gasteiger partial charge in [-0.25, -0.2) is 4.79 Å². The Bertz CT molecular complexity index is 467. The molecule has 1 aliphatic heterocycles. The first-order valence-corrected chi connectivity index (χ1v) is 5.85. The Hall–Kier alpha value is -1.43. The summed E-state index contributed by atoms with van der Waals surface area (Å²) in [7, 11) is 1.71. The molecule has 1 N–H and O–H groups in total. The zero-order valence-electron chi connectivity index (χ0n) is 9.06. The number of carboxylic acid groups (broad SMARTS) is 1. The quantitative estimate of drug-likeness (QED) is 0.800. The van der Waals surface area contributed by atoms with Crippen LogP contribution in [0.3, 0.4) is 0 Å². The lowest BCUT2D eigenvalue weighted by Crippen LogP contribution is -2.33. The standard InChI is InChI=1S/C10H12N2O3S/c1-6(13)12-3-4-16-9-7(12)5-8(10(14)15)11(9)2/h5H,3-4H2,1-2H3,(H,14,15). The second-order valence-electron chi connectivity index (χ2n) is 3.60. The van der Waals surface area contributed by atoms with E-state index in [0.717, 1.165) is 10.8 Å². The number of anilines is 1. The van der Waals surface area contributed by atoms with Crippen molar-refractivity contribution in [3.63, 3.8) is 0 Å². The first-order valence-electron chi connectivity index (χ1n) is 4.86. The number of thioether (sulfide) groups is 1. The molecule has 0 unspecified atom stereocenters. The highest BCUT2D eigenvalue weighted by atomic mass is 32.2. The molecule has 2 rings (SSSR count). The van der Waals surface area contributed by atoms with Gasteiger partial charge in [0, 0.05) is 26.3 Å². The Morgan fingerprint density at radius 3 is 2.75 bits per heavy atom. The molecule has 0 saturated carbocycles. The van der Waals surface area contributed by atoms with Crippen molar-refractivity contribution in [1.82, 2.24) is 4.57 Å². The maximum absolute atomic E-state index is 11.4. The van der Waals surface area contributed by atoms with Gasteiger partial charge in [0.2, 0.25) is 5.91 Å². The minimum absolute atomic E-state index is 0.0518. The number of rotatable bonds is 1. The molecule has 2 heterocycles. The van der Waals surface area contributed by atoms with Crippen LogP contribution in [0.5, 0.6) is 0 Å². The molecule has 6 heteroatoms. The van der Waals surface area contributed by atoms with Gasteiger partial charge in [0.15, 0.2) is 0 Å². The van der Waals surface area contributed by atoms with E-state index in [9.17, 15) is 9.59 Å². The molecule has 0 radical (unpaired) electrons. The summed E-state index contributed by atoms with van der Waals surface area (Å²) < 4.78 is 1.62. The molecule has 1 amide bonds. The van der Waals surface area contributed by atoms with Gasteiger partial charge in [0.05, 0.1) is 10.7 Å². The molecule has 0 aromatic carbocycles. The number of aromatic nitrogens is 1. The molecular formula is C10H12N2O3S. The molecular weight excluding hydrogens is 228 g/mol. The van der Waals surface area contributed by atoms with E-state index in [2.05, 4.69) is 0 Å². The molecule has 1 aromatic rings. The van der Waals surface area contributed by atoms with Crippen LogP contribution in [-0.4, -0.2) is 33.8 Å². The molecule has 1 aromatic heterocycles. The molecule has 0 atom stereocenters. The van der Waals surface area contributed by atoms with Crippen LogP contribution >= 0.6 is 11.8 Å². The molecule has 0 fully saturated rings. The van der Waals surface area contributed by atoms with Crippen LogP contribution in [0.15, 0.2) is 11.1 Å². The third-order valence-electron chi connectivity index (χ3n) is 2.60. The fourth-order valence-corrected chi connectivity index (χ4v) is 2.90. The number of aromatic carboxylic acids is 1.